The molecule has 9 heteroatoms. The van der Waals surface area contributed by atoms with Crippen LogP contribution in [-0.2, 0) is 16.0 Å². The van der Waals surface area contributed by atoms with Crippen LogP contribution in [0.2, 0.25) is 0 Å². The maximum atomic E-state index is 13.3. The second-order valence-electron chi connectivity index (χ2n) is 10.5. The first-order valence-corrected chi connectivity index (χ1v) is 14.7. The Balaban J connectivity index is 1.45. The number of fused-ring (bicyclic) bond motifs is 1. The summed E-state index contributed by atoms with van der Waals surface area (Å²) in [6.45, 7) is 1.90. The van der Waals surface area contributed by atoms with Crippen LogP contribution in [0.3, 0.4) is 0 Å². The van der Waals surface area contributed by atoms with E-state index in [1.807, 2.05) is 42.5 Å². The van der Waals surface area contributed by atoms with Crippen molar-refractivity contribution in [1.82, 2.24) is 20.6 Å². The van der Waals surface area contributed by atoms with Crippen molar-refractivity contribution in [1.29, 1.82) is 0 Å². The highest BCUT2D eigenvalue weighted by Gasteiger charge is 2.21. The number of aromatic nitrogens is 2. The van der Waals surface area contributed by atoms with Gasteiger partial charge in [-0.3, -0.25) is 9.59 Å². The molecular formula is C35H37N5O4. The smallest absolute Gasteiger partial charge is 0.251 e. The van der Waals surface area contributed by atoms with Crippen molar-refractivity contribution >= 4 is 40.0 Å². The third-order valence-corrected chi connectivity index (χ3v) is 7.20. The van der Waals surface area contributed by atoms with Crippen molar-refractivity contribution in [3.05, 3.63) is 89.7 Å². The molecule has 0 aliphatic rings. The lowest BCUT2D eigenvalue weighted by Crippen LogP contribution is -2.47. The Kier molecular flexibility index (Phi) is 11.4. The molecule has 0 saturated carbocycles. The van der Waals surface area contributed by atoms with Gasteiger partial charge in [0.25, 0.3) is 5.91 Å². The Labute approximate surface area is 257 Å². The molecule has 0 unspecified atom stereocenters. The van der Waals surface area contributed by atoms with Gasteiger partial charge in [-0.05, 0) is 68.1 Å². The Morgan fingerprint density at radius 2 is 1.80 bits per heavy atom. The van der Waals surface area contributed by atoms with E-state index in [0.717, 1.165) is 35.0 Å². The minimum Gasteiger partial charge on any atom is -0.496 e. The zero-order valence-corrected chi connectivity index (χ0v) is 25.1. The summed E-state index contributed by atoms with van der Waals surface area (Å²) >= 11 is 0. The van der Waals surface area contributed by atoms with Crippen LogP contribution in [0.4, 0.5) is 11.5 Å². The fraction of sp³-hybridized carbons (Fsp3) is 0.286. The van der Waals surface area contributed by atoms with Crippen LogP contribution in [0.5, 0.6) is 5.75 Å². The predicted octanol–water partition coefficient (Wildman–Crippen LogP) is 5.36. The number of ketones is 1. The number of rotatable bonds is 15. The average Bonchev–Trinajstić information content (AvgIpc) is 3.04. The molecule has 0 spiro atoms. The second kappa shape index (κ2) is 15.8. The summed E-state index contributed by atoms with van der Waals surface area (Å²) in [5.74, 6) is 3.47. The van der Waals surface area contributed by atoms with Crippen molar-refractivity contribution < 1.29 is 19.1 Å². The minimum atomic E-state index is -0.707. The molecule has 44 heavy (non-hydrogen) atoms. The molecule has 0 saturated heterocycles. The van der Waals surface area contributed by atoms with Crippen molar-refractivity contribution in [3.63, 3.8) is 0 Å². The number of hydrogen-bond donors (Lipinski definition) is 3. The van der Waals surface area contributed by atoms with Crippen LogP contribution in [0.25, 0.3) is 10.9 Å². The van der Waals surface area contributed by atoms with Crippen LogP contribution in [0.1, 0.15) is 60.5 Å². The Morgan fingerprint density at radius 3 is 2.55 bits per heavy atom. The van der Waals surface area contributed by atoms with E-state index in [2.05, 4.69) is 31.8 Å². The average molecular weight is 592 g/mol. The van der Waals surface area contributed by atoms with E-state index in [9.17, 15) is 14.4 Å². The van der Waals surface area contributed by atoms with Gasteiger partial charge in [-0.25, -0.2) is 9.97 Å². The fourth-order valence-electron chi connectivity index (χ4n) is 4.88. The van der Waals surface area contributed by atoms with Gasteiger partial charge < -0.3 is 25.5 Å². The lowest BCUT2D eigenvalue weighted by Gasteiger charge is -2.19. The summed E-state index contributed by atoms with van der Waals surface area (Å²) in [6.07, 6.45) is 10.8. The Bertz CT molecular complexity index is 1650. The maximum absolute atomic E-state index is 13.3. The number of carbonyl (C=O) groups excluding carboxylic acids is 3. The first kappa shape index (κ1) is 31.7. The number of amides is 2. The Morgan fingerprint density at radius 1 is 0.977 bits per heavy atom. The molecule has 4 rings (SSSR count). The summed E-state index contributed by atoms with van der Waals surface area (Å²) in [6, 6.07) is 19.4. The number of unbranched alkanes of at least 4 members (excludes halogenated alkanes) is 2. The van der Waals surface area contributed by atoms with Gasteiger partial charge in [-0.1, -0.05) is 43.0 Å². The van der Waals surface area contributed by atoms with Gasteiger partial charge in [0.1, 0.15) is 29.7 Å². The van der Waals surface area contributed by atoms with Gasteiger partial charge in [0.15, 0.2) is 0 Å². The van der Waals surface area contributed by atoms with Gasteiger partial charge >= 0.3 is 0 Å². The SMILES string of the molecule is C#Cc1cccc(Nc2ncnc3cc(OC)c(CCNC(=O)[C@H](CCCCCC(C)=O)NC(=O)c4ccccc4)cc23)c1. The standard InChI is InChI=1S/C35H37N5O4/c1-4-25-13-11-16-28(20-25)39-33-29-21-27(32(44-3)22-31(29)37-23-38-33)18-19-36-35(43)30(17-10-5-7-12-24(2)41)40-34(42)26-14-8-6-9-15-26/h1,6,8-9,11,13-16,20-23,30H,5,7,10,12,17-19H2,2-3H3,(H,36,43)(H,40,42)(H,37,38,39)/t30-/m0/s1. The molecule has 226 valence electrons. The van der Waals surface area contributed by atoms with Gasteiger partial charge in [0.05, 0.1) is 12.6 Å². The molecule has 0 bridgehead atoms. The van der Waals surface area contributed by atoms with E-state index in [1.54, 1.807) is 38.3 Å². The quantitative estimate of drug-likeness (QED) is 0.126. The van der Waals surface area contributed by atoms with Crippen LogP contribution < -0.4 is 20.7 Å². The zero-order chi connectivity index (χ0) is 31.3. The highest BCUT2D eigenvalue weighted by molar-refractivity contribution is 5.97. The molecule has 0 fully saturated rings. The number of hydrogen-bond acceptors (Lipinski definition) is 7. The largest absolute Gasteiger partial charge is 0.496 e. The third kappa shape index (κ3) is 8.88. The lowest BCUT2D eigenvalue weighted by atomic mass is 10.0. The molecule has 4 aromatic rings. The summed E-state index contributed by atoms with van der Waals surface area (Å²) in [5, 5.41) is 9.99. The van der Waals surface area contributed by atoms with Gasteiger partial charge in [0, 0.05) is 41.2 Å². The molecule has 1 atom stereocenters. The summed E-state index contributed by atoms with van der Waals surface area (Å²) < 4.78 is 5.64. The number of nitrogens with zero attached hydrogens (tertiary/aromatic N) is 2. The number of carbonyl (C=O) groups is 3. The normalized spacial score (nSPS) is 11.3. The van der Waals surface area contributed by atoms with Crippen LogP contribution >= 0.6 is 0 Å². The minimum absolute atomic E-state index is 0.147. The third-order valence-electron chi connectivity index (χ3n) is 7.20. The van der Waals surface area contributed by atoms with E-state index < -0.39 is 6.04 Å². The van der Waals surface area contributed by atoms with Crippen molar-refractivity contribution in [2.75, 3.05) is 19.0 Å². The van der Waals surface area contributed by atoms with Crippen LogP contribution in [-0.4, -0.2) is 47.3 Å². The second-order valence-corrected chi connectivity index (χ2v) is 10.5. The number of anilines is 2. The maximum Gasteiger partial charge on any atom is 0.251 e. The monoisotopic (exact) mass is 591 g/mol. The number of nitrogens with one attached hydrogen (secondary N) is 3. The number of methoxy groups -OCH3 is 1. The molecule has 1 heterocycles. The predicted molar refractivity (Wildman–Crippen MR) is 172 cm³/mol. The summed E-state index contributed by atoms with van der Waals surface area (Å²) in [4.78, 5) is 46.3. The first-order chi connectivity index (χ1) is 21.4. The summed E-state index contributed by atoms with van der Waals surface area (Å²) in [5.41, 5.74) is 3.61. The van der Waals surface area contributed by atoms with E-state index in [4.69, 9.17) is 11.2 Å². The molecule has 0 aliphatic carbocycles. The van der Waals surface area contributed by atoms with E-state index in [-0.39, 0.29) is 17.6 Å². The van der Waals surface area contributed by atoms with Gasteiger partial charge in [0.2, 0.25) is 5.91 Å². The van der Waals surface area contributed by atoms with E-state index in [0.29, 0.717) is 54.9 Å². The lowest BCUT2D eigenvalue weighted by molar-refractivity contribution is -0.123. The number of terminal acetylenes is 1. The highest BCUT2D eigenvalue weighted by atomic mass is 16.5. The molecule has 3 N–H and O–H groups in total. The van der Waals surface area contributed by atoms with Crippen LogP contribution in [0.15, 0.2) is 73.1 Å². The molecular weight excluding hydrogens is 554 g/mol. The zero-order valence-electron chi connectivity index (χ0n) is 25.1. The molecule has 1 aromatic heterocycles. The number of ether oxygens (including phenoxy) is 1. The van der Waals surface area contributed by atoms with Crippen molar-refractivity contribution in [2.45, 2.75) is 51.5 Å². The van der Waals surface area contributed by atoms with Crippen LogP contribution in [0, 0.1) is 12.3 Å². The number of Topliss-reactive ketones (excluding diaryl/α,β-unsaturated/α-hetero) is 1. The summed E-state index contributed by atoms with van der Waals surface area (Å²) in [7, 11) is 1.59. The highest BCUT2D eigenvalue weighted by Crippen LogP contribution is 2.30. The van der Waals surface area contributed by atoms with Crippen molar-refractivity contribution in [2.24, 2.45) is 0 Å². The molecule has 2 amide bonds. The molecule has 0 aliphatic heterocycles. The topological polar surface area (TPSA) is 122 Å². The van der Waals surface area contributed by atoms with E-state index in [1.165, 1.54) is 6.33 Å². The van der Waals surface area contributed by atoms with E-state index >= 15 is 0 Å². The molecule has 3 aromatic carbocycles. The number of benzene rings is 3. The molecule has 9 nitrogen and oxygen atoms in total. The molecule has 0 radical (unpaired) electrons. The first-order valence-electron chi connectivity index (χ1n) is 14.7. The van der Waals surface area contributed by atoms with Gasteiger partial charge in [-0.15, -0.1) is 6.42 Å². The Hall–Kier alpha value is -5.23. The van der Waals surface area contributed by atoms with Gasteiger partial charge in [-0.2, -0.15) is 0 Å². The van der Waals surface area contributed by atoms with Crippen molar-refractivity contribution in [3.8, 4) is 18.1 Å². The fourth-order valence-corrected chi connectivity index (χ4v) is 4.88.